The Morgan fingerprint density at radius 2 is 1.86 bits per heavy atom. The predicted octanol–water partition coefficient (Wildman–Crippen LogP) is 4.80. The number of carbonyl (C=O) groups is 1. The van der Waals surface area contributed by atoms with Gasteiger partial charge in [-0.15, -0.1) is 0 Å². The molecule has 0 bridgehead atoms. The summed E-state index contributed by atoms with van der Waals surface area (Å²) in [5, 5.41) is 0.374. The molecule has 0 N–H and O–H groups in total. The van der Waals surface area contributed by atoms with Crippen molar-refractivity contribution >= 4 is 16.9 Å². The molecular weight excluding hydrogens is 360 g/mol. The molecule has 0 aliphatic carbocycles. The van der Waals surface area contributed by atoms with Crippen molar-refractivity contribution < 1.29 is 23.4 Å². The lowest BCUT2D eigenvalue weighted by Crippen LogP contribution is -2.13. The third-order valence-electron chi connectivity index (χ3n) is 4.03. The van der Waals surface area contributed by atoms with E-state index in [0.29, 0.717) is 11.1 Å². The number of rotatable bonds is 8. The molecule has 6 nitrogen and oxygen atoms in total. The molecule has 1 aromatic carbocycles. The molecule has 1 aromatic heterocycles. The van der Waals surface area contributed by atoms with E-state index >= 15 is 0 Å². The van der Waals surface area contributed by atoms with Crippen molar-refractivity contribution in [2.45, 2.75) is 40.5 Å². The minimum atomic E-state index is -0.715. The normalized spacial score (nSPS) is 11.2. The number of hydrogen-bond acceptors (Lipinski definition) is 6. The number of esters is 1. The predicted molar refractivity (Wildman–Crippen MR) is 108 cm³/mol. The molecule has 0 aliphatic rings. The van der Waals surface area contributed by atoms with Crippen LogP contribution in [0.2, 0.25) is 0 Å². The highest BCUT2D eigenvalue weighted by Crippen LogP contribution is 2.38. The zero-order valence-electron chi connectivity index (χ0n) is 17.0. The molecule has 150 valence electrons. The first-order valence-corrected chi connectivity index (χ1v) is 9.07. The van der Waals surface area contributed by atoms with Gasteiger partial charge in [0, 0.05) is 6.92 Å². The second kappa shape index (κ2) is 9.78. The maximum Gasteiger partial charge on any atom is 0.383 e. The highest BCUT2D eigenvalue weighted by atomic mass is 16.6. The highest BCUT2D eigenvalue weighted by Gasteiger charge is 2.22. The highest BCUT2D eigenvalue weighted by molar-refractivity contribution is 5.93. The second-order valence-corrected chi connectivity index (χ2v) is 6.66. The monoisotopic (exact) mass is 386 g/mol. The van der Waals surface area contributed by atoms with Crippen LogP contribution in [0.3, 0.4) is 0 Å². The third-order valence-corrected chi connectivity index (χ3v) is 4.03. The van der Waals surface area contributed by atoms with Gasteiger partial charge in [0.25, 0.3) is 0 Å². The Morgan fingerprint density at radius 1 is 1.11 bits per heavy atom. The molecule has 0 amide bonds. The first-order valence-electron chi connectivity index (χ1n) is 9.07. The van der Waals surface area contributed by atoms with Crippen LogP contribution in [0.4, 0.5) is 0 Å². The zero-order chi connectivity index (χ0) is 20.7. The Morgan fingerprint density at radius 3 is 2.50 bits per heavy atom. The summed E-state index contributed by atoms with van der Waals surface area (Å²) in [6.45, 7) is 7.53. The van der Waals surface area contributed by atoms with E-state index in [1.165, 1.54) is 19.6 Å². The lowest BCUT2D eigenvalue weighted by molar-refractivity contribution is -0.131. The Labute approximate surface area is 164 Å². The lowest BCUT2D eigenvalue weighted by atomic mass is 10.1. The minimum absolute atomic E-state index is 0.00629. The molecule has 0 atom stereocenters. The van der Waals surface area contributed by atoms with Crippen molar-refractivity contribution in [1.29, 1.82) is 0 Å². The summed E-state index contributed by atoms with van der Waals surface area (Å²) in [6, 6.07) is 4.97. The zero-order valence-corrected chi connectivity index (χ0v) is 17.0. The van der Waals surface area contributed by atoms with Crippen LogP contribution in [0, 0.1) is 0 Å². The molecule has 0 spiro atoms. The van der Waals surface area contributed by atoms with Gasteiger partial charge in [-0.3, -0.25) is 4.79 Å². The summed E-state index contributed by atoms with van der Waals surface area (Å²) in [7, 11) is 1.48. The SMILES string of the molecule is COc1cccc2oc(=O)c(OC/C=C(\C)CCC=C(C)C)c(OC(C)=O)c12. The molecule has 0 saturated heterocycles. The van der Waals surface area contributed by atoms with Gasteiger partial charge in [-0.1, -0.05) is 23.3 Å². The number of methoxy groups -OCH3 is 1. The van der Waals surface area contributed by atoms with E-state index < -0.39 is 11.6 Å². The van der Waals surface area contributed by atoms with Crippen molar-refractivity contribution in [3.05, 3.63) is 51.9 Å². The number of carbonyl (C=O) groups excluding carboxylic acids is 1. The van der Waals surface area contributed by atoms with E-state index in [-0.39, 0.29) is 23.7 Å². The van der Waals surface area contributed by atoms with E-state index in [2.05, 4.69) is 19.9 Å². The lowest BCUT2D eigenvalue weighted by Gasteiger charge is -2.13. The Hall–Kier alpha value is -3.02. The van der Waals surface area contributed by atoms with Crippen molar-refractivity contribution in [2.75, 3.05) is 13.7 Å². The number of allylic oxidation sites excluding steroid dienone is 3. The van der Waals surface area contributed by atoms with Crippen LogP contribution in [0.1, 0.15) is 40.5 Å². The molecule has 28 heavy (non-hydrogen) atoms. The average molecular weight is 386 g/mol. The molecule has 2 rings (SSSR count). The largest absolute Gasteiger partial charge is 0.496 e. The quantitative estimate of drug-likeness (QED) is 0.369. The molecule has 0 saturated carbocycles. The number of hydrogen-bond donors (Lipinski definition) is 0. The standard InChI is InChI=1S/C22H26O6/c1-14(2)8-6-9-15(3)12-13-26-21-20(27-16(4)23)19-17(25-5)10-7-11-18(19)28-22(21)24/h7-8,10-12H,6,9,13H2,1-5H3/b15-12+. The van der Waals surface area contributed by atoms with Gasteiger partial charge in [0.2, 0.25) is 5.75 Å². The van der Waals surface area contributed by atoms with Gasteiger partial charge in [0.1, 0.15) is 23.3 Å². The van der Waals surface area contributed by atoms with Gasteiger partial charge < -0.3 is 18.6 Å². The minimum Gasteiger partial charge on any atom is -0.496 e. The van der Waals surface area contributed by atoms with Gasteiger partial charge in [0.15, 0.2) is 5.75 Å². The molecule has 0 unspecified atom stereocenters. The van der Waals surface area contributed by atoms with Crippen LogP contribution >= 0.6 is 0 Å². The average Bonchev–Trinajstić information content (AvgIpc) is 2.62. The summed E-state index contributed by atoms with van der Waals surface area (Å²) >= 11 is 0. The van der Waals surface area contributed by atoms with Crippen molar-refractivity contribution in [3.8, 4) is 17.2 Å². The fraction of sp³-hybridized carbons (Fsp3) is 0.364. The fourth-order valence-electron chi connectivity index (χ4n) is 2.67. The van der Waals surface area contributed by atoms with E-state index in [1.807, 2.05) is 13.0 Å². The van der Waals surface area contributed by atoms with Crippen LogP contribution in [-0.4, -0.2) is 19.7 Å². The molecule has 6 heteroatoms. The van der Waals surface area contributed by atoms with Gasteiger partial charge >= 0.3 is 11.6 Å². The van der Waals surface area contributed by atoms with Crippen molar-refractivity contribution in [3.63, 3.8) is 0 Å². The summed E-state index contributed by atoms with van der Waals surface area (Å²) in [5.41, 5.74) is 1.95. The molecule has 1 heterocycles. The molecule has 0 radical (unpaired) electrons. The van der Waals surface area contributed by atoms with Crippen LogP contribution in [0.15, 0.2) is 50.7 Å². The summed E-state index contributed by atoms with van der Waals surface area (Å²) in [5.74, 6) is -0.306. The van der Waals surface area contributed by atoms with E-state index in [1.54, 1.807) is 18.2 Å². The van der Waals surface area contributed by atoms with E-state index in [9.17, 15) is 9.59 Å². The molecule has 0 fully saturated rings. The Balaban J connectivity index is 2.35. The maximum atomic E-state index is 12.4. The molecule has 0 aliphatic heterocycles. The van der Waals surface area contributed by atoms with Gasteiger partial charge in [-0.2, -0.15) is 0 Å². The van der Waals surface area contributed by atoms with E-state index in [0.717, 1.165) is 18.4 Å². The van der Waals surface area contributed by atoms with Crippen LogP contribution < -0.4 is 19.8 Å². The molecular formula is C22H26O6. The smallest absolute Gasteiger partial charge is 0.383 e. The summed E-state index contributed by atoms with van der Waals surface area (Å²) in [4.78, 5) is 24.0. The maximum absolute atomic E-state index is 12.4. The third kappa shape index (κ3) is 5.49. The first kappa shape index (κ1) is 21.3. The number of fused-ring (bicyclic) bond motifs is 1. The number of ether oxygens (including phenoxy) is 3. The number of benzene rings is 1. The topological polar surface area (TPSA) is 75.0 Å². The van der Waals surface area contributed by atoms with Crippen LogP contribution in [0.5, 0.6) is 17.2 Å². The molecule has 2 aromatic rings. The fourth-order valence-corrected chi connectivity index (χ4v) is 2.67. The van der Waals surface area contributed by atoms with E-state index in [4.69, 9.17) is 18.6 Å². The second-order valence-electron chi connectivity index (χ2n) is 6.66. The van der Waals surface area contributed by atoms with Crippen LogP contribution in [-0.2, 0) is 4.79 Å². The van der Waals surface area contributed by atoms with Gasteiger partial charge in [0.05, 0.1) is 7.11 Å². The van der Waals surface area contributed by atoms with Gasteiger partial charge in [-0.25, -0.2) is 4.79 Å². The van der Waals surface area contributed by atoms with Crippen molar-refractivity contribution in [1.82, 2.24) is 0 Å². The van der Waals surface area contributed by atoms with Crippen molar-refractivity contribution in [2.24, 2.45) is 0 Å². The Bertz CT molecular complexity index is 961. The summed E-state index contributed by atoms with van der Waals surface area (Å²) < 4.78 is 21.6. The van der Waals surface area contributed by atoms with Crippen LogP contribution in [0.25, 0.3) is 11.0 Å². The Kier molecular flexibility index (Phi) is 7.44. The first-order chi connectivity index (χ1) is 13.3. The summed E-state index contributed by atoms with van der Waals surface area (Å²) in [6.07, 6.45) is 5.90. The van der Waals surface area contributed by atoms with Gasteiger partial charge in [-0.05, 0) is 51.8 Å².